The van der Waals surface area contributed by atoms with E-state index in [1.54, 1.807) is 51.2 Å². The number of benzene rings is 2. The van der Waals surface area contributed by atoms with Gasteiger partial charge in [-0.15, -0.1) is 0 Å². The molecule has 6 nitrogen and oxygen atoms in total. The fraction of sp³-hybridized carbons (Fsp3) is 0.250. The number of carbonyl (C=O) groups excluding carboxylic acids is 1. The predicted octanol–water partition coefficient (Wildman–Crippen LogP) is 4.02. The molecule has 0 atom stereocenters. The number of nitrogens with zero attached hydrogens (tertiary/aromatic N) is 1. The van der Waals surface area contributed by atoms with Crippen molar-refractivity contribution in [2.24, 2.45) is 0 Å². The van der Waals surface area contributed by atoms with E-state index in [9.17, 15) is 17.6 Å². The number of hydrogen-bond acceptors (Lipinski definition) is 4. The molecule has 0 saturated carbocycles. The van der Waals surface area contributed by atoms with E-state index >= 15 is 0 Å². The summed E-state index contributed by atoms with van der Waals surface area (Å²) in [6.07, 6.45) is 0.916. The van der Waals surface area contributed by atoms with E-state index in [0.29, 0.717) is 27.6 Å². The van der Waals surface area contributed by atoms with Gasteiger partial charge < -0.3 is 4.74 Å². The van der Waals surface area contributed by atoms with Gasteiger partial charge in [-0.2, -0.15) is 0 Å². The highest BCUT2D eigenvalue weighted by Crippen LogP contribution is 2.35. The molecule has 1 aliphatic heterocycles. The van der Waals surface area contributed by atoms with Gasteiger partial charge in [0.15, 0.2) is 0 Å². The molecule has 1 aliphatic rings. The lowest BCUT2D eigenvalue weighted by molar-refractivity contribution is 0.0544. The second-order valence-electron chi connectivity index (χ2n) is 7.70. The van der Waals surface area contributed by atoms with Crippen LogP contribution in [0.2, 0.25) is 0 Å². The highest BCUT2D eigenvalue weighted by atomic mass is 32.2. The summed E-state index contributed by atoms with van der Waals surface area (Å²) in [5.74, 6) is -0.484. The fourth-order valence-electron chi connectivity index (χ4n) is 3.26. The molecule has 0 unspecified atom stereocenters. The van der Waals surface area contributed by atoms with Gasteiger partial charge >= 0.3 is 6.09 Å². The molecule has 8 heteroatoms. The van der Waals surface area contributed by atoms with Crippen molar-refractivity contribution in [3.63, 3.8) is 0 Å². The summed E-state index contributed by atoms with van der Waals surface area (Å²) in [6.45, 7) is 5.49. The van der Waals surface area contributed by atoms with E-state index in [1.807, 2.05) is 0 Å². The van der Waals surface area contributed by atoms with Gasteiger partial charge in [0.2, 0.25) is 10.0 Å². The zero-order chi connectivity index (χ0) is 20.3. The van der Waals surface area contributed by atoms with Gasteiger partial charge in [0.1, 0.15) is 11.4 Å². The van der Waals surface area contributed by atoms with Crippen LogP contribution in [0.15, 0.2) is 47.5 Å². The van der Waals surface area contributed by atoms with Crippen LogP contribution in [0, 0.1) is 5.82 Å². The van der Waals surface area contributed by atoms with Gasteiger partial charge in [-0.25, -0.2) is 22.3 Å². The summed E-state index contributed by atoms with van der Waals surface area (Å²) in [7, 11) is -3.54. The Balaban J connectivity index is 1.91. The number of sulfonamides is 1. The number of hydrogen-bond donors (Lipinski definition) is 1. The van der Waals surface area contributed by atoms with Crippen LogP contribution in [-0.4, -0.2) is 24.7 Å². The molecule has 3 aromatic rings. The van der Waals surface area contributed by atoms with Crippen LogP contribution in [0.25, 0.3) is 22.0 Å². The molecule has 1 aromatic heterocycles. The van der Waals surface area contributed by atoms with Crippen molar-refractivity contribution in [2.75, 3.05) is 0 Å². The van der Waals surface area contributed by atoms with Crippen molar-refractivity contribution in [3.8, 4) is 11.1 Å². The number of aromatic nitrogens is 1. The van der Waals surface area contributed by atoms with Gasteiger partial charge in [0.05, 0.1) is 10.4 Å². The first kappa shape index (κ1) is 18.6. The van der Waals surface area contributed by atoms with Crippen LogP contribution in [0.1, 0.15) is 26.3 Å². The Hall–Kier alpha value is -2.71. The first-order valence-corrected chi connectivity index (χ1v) is 10.2. The maximum absolute atomic E-state index is 13.9. The second kappa shape index (κ2) is 6.15. The molecule has 0 bridgehead atoms. The molecule has 4 rings (SSSR count). The third kappa shape index (κ3) is 3.18. The van der Waals surface area contributed by atoms with E-state index in [-0.39, 0.29) is 11.4 Å². The highest BCUT2D eigenvalue weighted by Gasteiger charge is 2.27. The minimum Gasteiger partial charge on any atom is -0.443 e. The van der Waals surface area contributed by atoms with E-state index in [1.165, 1.54) is 16.7 Å². The predicted molar refractivity (Wildman–Crippen MR) is 103 cm³/mol. The normalized spacial score (nSPS) is 15.6. The van der Waals surface area contributed by atoms with Crippen molar-refractivity contribution in [1.29, 1.82) is 0 Å². The van der Waals surface area contributed by atoms with Crippen molar-refractivity contribution in [1.82, 2.24) is 9.29 Å². The summed E-state index contributed by atoms with van der Waals surface area (Å²) in [4.78, 5) is 12.8. The number of ether oxygens (including phenoxy) is 1. The first-order valence-electron chi connectivity index (χ1n) is 8.72. The molecule has 2 heterocycles. The molecule has 0 fully saturated rings. The molecule has 0 spiro atoms. The minimum absolute atomic E-state index is 0.213. The monoisotopic (exact) mass is 402 g/mol. The van der Waals surface area contributed by atoms with Crippen molar-refractivity contribution < 1.29 is 22.3 Å². The molecule has 0 aliphatic carbocycles. The summed E-state index contributed by atoms with van der Waals surface area (Å²) in [5, 5.41) is 0.621. The van der Waals surface area contributed by atoms with Crippen molar-refractivity contribution in [3.05, 3.63) is 54.0 Å². The smallest absolute Gasteiger partial charge is 0.419 e. The summed E-state index contributed by atoms with van der Waals surface area (Å²) < 4.78 is 47.4. The Kier molecular flexibility index (Phi) is 4.09. The average Bonchev–Trinajstić information content (AvgIpc) is 3.11. The lowest BCUT2D eigenvalue weighted by atomic mass is 10.0. The van der Waals surface area contributed by atoms with Gasteiger partial charge in [-0.1, -0.05) is 12.1 Å². The number of nitrogens with one attached hydrogen (secondary N) is 1. The Labute approximate surface area is 162 Å². The highest BCUT2D eigenvalue weighted by molar-refractivity contribution is 7.89. The fourth-order valence-corrected chi connectivity index (χ4v) is 4.53. The van der Waals surface area contributed by atoms with Crippen LogP contribution in [0.3, 0.4) is 0 Å². The van der Waals surface area contributed by atoms with Gasteiger partial charge in [-0.3, -0.25) is 4.57 Å². The SMILES string of the molecule is CC(C)(C)OC(=O)n1cc(-c2ccc3c(c2)S(=O)(=O)NC3)c2ccc(F)cc21. The van der Waals surface area contributed by atoms with Crippen LogP contribution >= 0.6 is 0 Å². The Morgan fingerprint density at radius 1 is 1.18 bits per heavy atom. The molecule has 146 valence electrons. The maximum atomic E-state index is 13.9. The van der Waals surface area contributed by atoms with Gasteiger partial charge in [0.25, 0.3) is 0 Å². The average molecular weight is 402 g/mol. The second-order valence-corrected chi connectivity index (χ2v) is 9.44. The topological polar surface area (TPSA) is 77.4 Å². The molecular formula is C20H19FN2O4S. The van der Waals surface area contributed by atoms with Crippen LogP contribution in [0.4, 0.5) is 9.18 Å². The summed E-state index contributed by atoms with van der Waals surface area (Å²) >= 11 is 0. The quantitative estimate of drug-likeness (QED) is 0.667. The van der Waals surface area contributed by atoms with E-state index < -0.39 is 27.5 Å². The number of halogens is 1. The Morgan fingerprint density at radius 3 is 2.64 bits per heavy atom. The molecule has 0 radical (unpaired) electrons. The van der Waals surface area contributed by atoms with Crippen LogP contribution in [-0.2, 0) is 21.3 Å². The Morgan fingerprint density at radius 2 is 1.93 bits per heavy atom. The molecule has 28 heavy (non-hydrogen) atoms. The number of carbonyl (C=O) groups is 1. The van der Waals surface area contributed by atoms with Crippen LogP contribution in [0.5, 0.6) is 0 Å². The van der Waals surface area contributed by atoms with E-state index in [4.69, 9.17) is 4.74 Å². The summed E-state index contributed by atoms with van der Waals surface area (Å²) in [6, 6.07) is 9.23. The maximum Gasteiger partial charge on any atom is 0.419 e. The molecule has 2 aromatic carbocycles. The lowest BCUT2D eigenvalue weighted by Gasteiger charge is -2.19. The lowest BCUT2D eigenvalue weighted by Crippen LogP contribution is -2.26. The zero-order valence-corrected chi connectivity index (χ0v) is 16.4. The van der Waals surface area contributed by atoms with E-state index in [2.05, 4.69) is 4.72 Å². The third-order valence-electron chi connectivity index (χ3n) is 4.48. The van der Waals surface area contributed by atoms with Crippen molar-refractivity contribution in [2.45, 2.75) is 37.8 Å². The Bertz CT molecular complexity index is 1220. The molecule has 0 saturated heterocycles. The first-order chi connectivity index (χ1) is 13.0. The minimum atomic E-state index is -3.54. The molecular weight excluding hydrogens is 383 g/mol. The van der Waals surface area contributed by atoms with Gasteiger partial charge in [-0.05, 0) is 56.2 Å². The number of rotatable bonds is 1. The molecule has 0 amide bonds. The number of fused-ring (bicyclic) bond motifs is 2. The largest absolute Gasteiger partial charge is 0.443 e. The third-order valence-corrected chi connectivity index (χ3v) is 5.96. The van der Waals surface area contributed by atoms with Crippen molar-refractivity contribution >= 4 is 27.0 Å². The standard InChI is InChI=1S/C20H19FN2O4S/c1-20(2,3)27-19(24)23-11-16(15-7-6-14(21)9-17(15)23)12-4-5-13-10-22-28(25,26)18(13)8-12/h4-9,11,22H,10H2,1-3H3. The zero-order valence-electron chi connectivity index (χ0n) is 15.6. The van der Waals surface area contributed by atoms with Crippen LogP contribution < -0.4 is 4.72 Å². The van der Waals surface area contributed by atoms with Gasteiger partial charge in [0, 0.05) is 23.7 Å². The van der Waals surface area contributed by atoms with E-state index in [0.717, 1.165) is 0 Å². The molecule has 1 N–H and O–H groups in total. The summed E-state index contributed by atoms with van der Waals surface area (Å²) in [5.41, 5.74) is 1.56.